The zero-order valence-corrected chi connectivity index (χ0v) is 16.0. The smallest absolute Gasteiger partial charge is 0.254 e. The first kappa shape index (κ1) is 17.9. The molecule has 0 aliphatic rings. The summed E-state index contributed by atoms with van der Waals surface area (Å²) in [5.74, 6) is 0.840. The van der Waals surface area contributed by atoms with E-state index in [2.05, 4.69) is 10.1 Å². The van der Waals surface area contributed by atoms with Gasteiger partial charge >= 0.3 is 0 Å². The Balaban J connectivity index is 1.76. The molecular formula is C22H20N4O2. The molecule has 28 heavy (non-hydrogen) atoms. The van der Waals surface area contributed by atoms with Gasteiger partial charge in [-0.25, -0.2) is 4.98 Å². The Kier molecular flexibility index (Phi) is 4.61. The van der Waals surface area contributed by atoms with E-state index in [-0.39, 0.29) is 12.5 Å². The van der Waals surface area contributed by atoms with Gasteiger partial charge in [0.05, 0.1) is 23.3 Å². The van der Waals surface area contributed by atoms with Crippen LogP contribution < -0.4 is 0 Å². The van der Waals surface area contributed by atoms with Crippen LogP contribution in [0.2, 0.25) is 0 Å². The number of amides is 1. The highest BCUT2D eigenvalue weighted by Crippen LogP contribution is 2.26. The maximum Gasteiger partial charge on any atom is 0.254 e. The number of benzene rings is 2. The summed E-state index contributed by atoms with van der Waals surface area (Å²) in [6, 6.07) is 17.7. The van der Waals surface area contributed by atoms with Crippen LogP contribution in [0.4, 0.5) is 0 Å². The molecule has 6 heteroatoms. The fourth-order valence-electron chi connectivity index (χ4n) is 3.12. The van der Waals surface area contributed by atoms with E-state index in [1.807, 2.05) is 61.5 Å². The van der Waals surface area contributed by atoms with Gasteiger partial charge in [-0.15, -0.1) is 0 Å². The molecule has 0 saturated carbocycles. The number of nitrogens with zero attached hydrogens (tertiary/aromatic N) is 4. The van der Waals surface area contributed by atoms with Crippen LogP contribution in [0.25, 0.3) is 22.2 Å². The molecular weight excluding hydrogens is 352 g/mol. The quantitative estimate of drug-likeness (QED) is 0.537. The summed E-state index contributed by atoms with van der Waals surface area (Å²) in [6.07, 6.45) is 0. The van der Waals surface area contributed by atoms with Gasteiger partial charge in [0, 0.05) is 24.9 Å². The van der Waals surface area contributed by atoms with E-state index in [0.717, 1.165) is 22.2 Å². The maximum atomic E-state index is 13.2. The van der Waals surface area contributed by atoms with Gasteiger partial charge < -0.3 is 9.42 Å². The van der Waals surface area contributed by atoms with Crippen molar-refractivity contribution in [3.05, 3.63) is 77.4 Å². The van der Waals surface area contributed by atoms with Crippen LogP contribution in [0.5, 0.6) is 0 Å². The summed E-state index contributed by atoms with van der Waals surface area (Å²) < 4.78 is 5.00. The van der Waals surface area contributed by atoms with Crippen molar-refractivity contribution in [2.24, 2.45) is 0 Å². The minimum atomic E-state index is -0.116. The number of rotatable bonds is 4. The molecule has 2 aromatic carbocycles. The summed E-state index contributed by atoms with van der Waals surface area (Å²) in [7, 11) is 1.73. The second-order valence-corrected chi connectivity index (χ2v) is 6.83. The number of carbonyl (C=O) groups is 1. The second kappa shape index (κ2) is 7.23. The fraction of sp³-hybridized carbons (Fsp3) is 0.182. The van der Waals surface area contributed by atoms with Crippen molar-refractivity contribution in [2.75, 3.05) is 7.05 Å². The Hall–Kier alpha value is -3.54. The van der Waals surface area contributed by atoms with Crippen LogP contribution in [0.1, 0.15) is 27.6 Å². The standard InChI is InChI=1S/C22H20N4O2/c1-14-8-10-16(11-9-14)20-12-18(17-6-4-5-7-19(17)24-20)22(27)26(3)13-21-23-15(2)28-25-21/h4-12H,13H2,1-3H3. The normalized spacial score (nSPS) is 11.0. The summed E-state index contributed by atoms with van der Waals surface area (Å²) >= 11 is 0. The van der Waals surface area contributed by atoms with E-state index in [1.165, 1.54) is 5.56 Å². The van der Waals surface area contributed by atoms with Gasteiger partial charge in [0.15, 0.2) is 5.82 Å². The Morgan fingerprint density at radius 2 is 1.79 bits per heavy atom. The number of aromatic nitrogens is 3. The number of para-hydroxylation sites is 1. The van der Waals surface area contributed by atoms with Crippen molar-refractivity contribution in [3.63, 3.8) is 0 Å². The summed E-state index contributed by atoms with van der Waals surface area (Å²) in [4.78, 5) is 23.7. The lowest BCUT2D eigenvalue weighted by molar-refractivity contribution is 0.0782. The molecule has 0 fully saturated rings. The summed E-state index contributed by atoms with van der Waals surface area (Å²) in [5.41, 5.74) is 4.31. The molecule has 2 aromatic heterocycles. The Morgan fingerprint density at radius 1 is 1.04 bits per heavy atom. The largest absolute Gasteiger partial charge is 0.340 e. The number of hydrogen-bond donors (Lipinski definition) is 0. The molecule has 0 spiro atoms. The third kappa shape index (κ3) is 3.49. The predicted molar refractivity (Wildman–Crippen MR) is 107 cm³/mol. The number of hydrogen-bond acceptors (Lipinski definition) is 5. The minimum absolute atomic E-state index is 0.116. The Morgan fingerprint density at radius 3 is 2.50 bits per heavy atom. The lowest BCUT2D eigenvalue weighted by Gasteiger charge is -2.17. The first-order valence-corrected chi connectivity index (χ1v) is 9.03. The van der Waals surface area contributed by atoms with Crippen molar-refractivity contribution in [1.29, 1.82) is 0 Å². The summed E-state index contributed by atoms with van der Waals surface area (Å²) in [5, 5.41) is 4.69. The first-order chi connectivity index (χ1) is 13.5. The Labute approximate surface area is 162 Å². The molecule has 0 radical (unpaired) electrons. The van der Waals surface area contributed by atoms with Gasteiger partial charge in [-0.05, 0) is 19.1 Å². The lowest BCUT2D eigenvalue weighted by atomic mass is 10.0. The number of carbonyl (C=O) groups excluding carboxylic acids is 1. The van der Waals surface area contributed by atoms with Crippen LogP contribution in [0.3, 0.4) is 0 Å². The average molecular weight is 372 g/mol. The van der Waals surface area contributed by atoms with Crippen LogP contribution in [0, 0.1) is 13.8 Å². The Bertz CT molecular complexity index is 1150. The zero-order chi connectivity index (χ0) is 19.7. The van der Waals surface area contributed by atoms with Crippen molar-refractivity contribution in [2.45, 2.75) is 20.4 Å². The molecule has 0 bridgehead atoms. The summed E-state index contributed by atoms with van der Waals surface area (Å²) in [6.45, 7) is 4.04. The van der Waals surface area contributed by atoms with Gasteiger partial charge in [0.2, 0.25) is 5.89 Å². The minimum Gasteiger partial charge on any atom is -0.340 e. The van der Waals surface area contributed by atoms with Gasteiger partial charge in [-0.2, -0.15) is 4.98 Å². The van der Waals surface area contributed by atoms with Gasteiger partial charge in [0.1, 0.15) is 0 Å². The lowest BCUT2D eigenvalue weighted by Crippen LogP contribution is -2.27. The van der Waals surface area contributed by atoms with Crippen LogP contribution >= 0.6 is 0 Å². The van der Waals surface area contributed by atoms with Crippen molar-refractivity contribution >= 4 is 16.8 Å². The molecule has 0 saturated heterocycles. The highest BCUT2D eigenvalue weighted by molar-refractivity contribution is 6.07. The molecule has 0 aliphatic heterocycles. The first-order valence-electron chi connectivity index (χ1n) is 9.03. The van der Waals surface area contributed by atoms with Crippen molar-refractivity contribution < 1.29 is 9.32 Å². The molecule has 2 heterocycles. The van der Waals surface area contributed by atoms with E-state index < -0.39 is 0 Å². The maximum absolute atomic E-state index is 13.2. The topological polar surface area (TPSA) is 72.1 Å². The van der Waals surface area contributed by atoms with Gasteiger partial charge in [-0.1, -0.05) is 53.2 Å². The average Bonchev–Trinajstić information content (AvgIpc) is 3.11. The number of aryl methyl sites for hydroxylation is 2. The fourth-order valence-corrected chi connectivity index (χ4v) is 3.12. The highest BCUT2D eigenvalue weighted by atomic mass is 16.5. The third-order valence-electron chi connectivity index (χ3n) is 4.59. The van der Waals surface area contributed by atoms with Gasteiger partial charge in [0.25, 0.3) is 5.91 Å². The van der Waals surface area contributed by atoms with Crippen LogP contribution in [-0.2, 0) is 6.54 Å². The molecule has 0 atom stereocenters. The second-order valence-electron chi connectivity index (χ2n) is 6.83. The molecule has 0 aliphatic carbocycles. The monoisotopic (exact) mass is 372 g/mol. The number of fused-ring (bicyclic) bond motifs is 1. The molecule has 0 N–H and O–H groups in total. The third-order valence-corrected chi connectivity index (χ3v) is 4.59. The highest BCUT2D eigenvalue weighted by Gasteiger charge is 2.19. The van der Waals surface area contributed by atoms with Crippen molar-refractivity contribution in [1.82, 2.24) is 20.0 Å². The van der Waals surface area contributed by atoms with Crippen molar-refractivity contribution in [3.8, 4) is 11.3 Å². The molecule has 140 valence electrons. The molecule has 4 aromatic rings. The van der Waals surface area contributed by atoms with E-state index >= 15 is 0 Å². The predicted octanol–water partition coefficient (Wildman–Crippen LogP) is 4.17. The molecule has 0 unspecified atom stereocenters. The molecule has 6 nitrogen and oxygen atoms in total. The van der Waals surface area contributed by atoms with Gasteiger partial charge in [-0.3, -0.25) is 4.79 Å². The SMILES string of the molecule is Cc1ccc(-c2cc(C(=O)N(C)Cc3noc(C)n3)c3ccccc3n2)cc1. The van der Waals surface area contributed by atoms with E-state index in [4.69, 9.17) is 9.51 Å². The number of pyridine rings is 1. The molecule has 4 rings (SSSR count). The zero-order valence-electron chi connectivity index (χ0n) is 16.0. The van der Waals surface area contributed by atoms with E-state index in [9.17, 15) is 4.79 Å². The van der Waals surface area contributed by atoms with E-state index in [1.54, 1.807) is 18.9 Å². The molecule has 1 amide bonds. The van der Waals surface area contributed by atoms with E-state index in [0.29, 0.717) is 17.3 Å². The van der Waals surface area contributed by atoms with Crippen LogP contribution in [0.15, 0.2) is 59.1 Å². The van der Waals surface area contributed by atoms with Crippen LogP contribution in [-0.4, -0.2) is 33.0 Å².